The Hall–Kier alpha value is -1.05. The molecular weight excluding hydrogens is 202 g/mol. The largest absolute Gasteiger partial charge is 0.355 e. The molecule has 1 rings (SSSR count). The van der Waals surface area contributed by atoms with Gasteiger partial charge in [-0.1, -0.05) is 0 Å². The smallest absolute Gasteiger partial charge is 0.234 e. The van der Waals surface area contributed by atoms with E-state index in [0.29, 0.717) is 19.1 Å². The van der Waals surface area contributed by atoms with Crippen molar-refractivity contribution in [3.8, 4) is 12.3 Å². The Balaban J connectivity index is 2.07. The van der Waals surface area contributed by atoms with E-state index in [1.165, 1.54) is 0 Å². The van der Waals surface area contributed by atoms with Crippen LogP contribution < -0.4 is 11.1 Å². The number of hydrogen-bond donors (Lipinski definition) is 2. The lowest BCUT2D eigenvalue weighted by Crippen LogP contribution is -2.44. The maximum Gasteiger partial charge on any atom is 0.234 e. The topological polar surface area (TPSA) is 58.4 Å². The average Bonchev–Trinajstić information content (AvgIpc) is 2.28. The third kappa shape index (κ3) is 5.15. The number of terminal acetylenes is 1. The summed E-state index contributed by atoms with van der Waals surface area (Å²) in [6.45, 7) is 3.02. The second-order valence-electron chi connectivity index (χ2n) is 4.27. The zero-order chi connectivity index (χ0) is 11.8. The van der Waals surface area contributed by atoms with Crippen LogP contribution in [0.1, 0.15) is 25.7 Å². The molecule has 0 spiro atoms. The Labute approximate surface area is 97.6 Å². The number of hydrogen-bond acceptors (Lipinski definition) is 3. The molecule has 0 aromatic heterocycles. The summed E-state index contributed by atoms with van der Waals surface area (Å²) in [6.07, 6.45) is 8.68. The van der Waals surface area contributed by atoms with Crippen LogP contribution in [0.2, 0.25) is 0 Å². The number of nitrogens with two attached hydrogens (primary N) is 1. The highest BCUT2D eigenvalue weighted by Crippen LogP contribution is 2.07. The molecule has 1 aliphatic rings. The maximum absolute atomic E-state index is 11.5. The first-order chi connectivity index (χ1) is 7.72. The fourth-order valence-electron chi connectivity index (χ4n) is 1.79. The number of nitrogens with one attached hydrogen (secondary N) is 1. The molecule has 0 aromatic carbocycles. The van der Waals surface area contributed by atoms with Crippen LogP contribution in [-0.4, -0.2) is 43.0 Å². The van der Waals surface area contributed by atoms with Gasteiger partial charge in [0.2, 0.25) is 5.91 Å². The van der Waals surface area contributed by atoms with Crippen molar-refractivity contribution in [1.29, 1.82) is 0 Å². The standard InChI is InChI=1S/C12H21N3O/c1-2-3-4-7-14-12(16)10-15-8-5-11(13)6-9-15/h1,11H,3-10,13H2,(H,14,16). The van der Waals surface area contributed by atoms with Crippen LogP contribution in [0.25, 0.3) is 0 Å². The van der Waals surface area contributed by atoms with E-state index in [1.807, 2.05) is 0 Å². The minimum atomic E-state index is 0.0903. The molecule has 1 heterocycles. The summed E-state index contributed by atoms with van der Waals surface area (Å²) in [4.78, 5) is 13.7. The summed E-state index contributed by atoms with van der Waals surface area (Å²) >= 11 is 0. The molecule has 16 heavy (non-hydrogen) atoms. The van der Waals surface area contributed by atoms with Crippen molar-refractivity contribution < 1.29 is 4.79 Å². The van der Waals surface area contributed by atoms with Crippen LogP contribution in [0, 0.1) is 12.3 Å². The van der Waals surface area contributed by atoms with Gasteiger partial charge >= 0.3 is 0 Å². The Kier molecular flexibility index (Phi) is 5.91. The van der Waals surface area contributed by atoms with Crippen molar-refractivity contribution >= 4 is 5.91 Å². The van der Waals surface area contributed by atoms with Gasteiger partial charge < -0.3 is 11.1 Å². The third-order valence-electron chi connectivity index (χ3n) is 2.82. The van der Waals surface area contributed by atoms with E-state index in [1.54, 1.807) is 0 Å². The summed E-state index contributed by atoms with van der Waals surface area (Å²) in [7, 11) is 0. The number of piperidine rings is 1. The molecule has 1 fully saturated rings. The molecular formula is C12H21N3O. The number of amides is 1. The van der Waals surface area contributed by atoms with Crippen LogP contribution in [0.15, 0.2) is 0 Å². The van der Waals surface area contributed by atoms with Gasteiger partial charge in [0.05, 0.1) is 6.54 Å². The third-order valence-corrected chi connectivity index (χ3v) is 2.82. The zero-order valence-corrected chi connectivity index (χ0v) is 9.74. The number of carbonyl (C=O) groups is 1. The molecule has 4 nitrogen and oxygen atoms in total. The molecule has 0 bridgehead atoms. The second kappa shape index (κ2) is 7.26. The van der Waals surface area contributed by atoms with Gasteiger partial charge in [0, 0.05) is 32.1 Å². The van der Waals surface area contributed by atoms with E-state index < -0.39 is 0 Å². The molecule has 0 saturated carbocycles. The van der Waals surface area contributed by atoms with Gasteiger partial charge in [0.15, 0.2) is 0 Å². The molecule has 1 aliphatic heterocycles. The fourth-order valence-corrected chi connectivity index (χ4v) is 1.79. The van der Waals surface area contributed by atoms with E-state index >= 15 is 0 Å². The second-order valence-corrected chi connectivity index (χ2v) is 4.27. The summed E-state index contributed by atoms with van der Waals surface area (Å²) in [5.41, 5.74) is 5.80. The van der Waals surface area contributed by atoms with Gasteiger partial charge in [-0.15, -0.1) is 12.3 Å². The molecule has 0 atom stereocenters. The van der Waals surface area contributed by atoms with Crippen molar-refractivity contribution in [2.75, 3.05) is 26.2 Å². The molecule has 90 valence electrons. The predicted molar refractivity (Wildman–Crippen MR) is 64.7 cm³/mol. The van der Waals surface area contributed by atoms with Gasteiger partial charge in [0.1, 0.15) is 0 Å². The van der Waals surface area contributed by atoms with E-state index in [2.05, 4.69) is 16.1 Å². The van der Waals surface area contributed by atoms with Gasteiger partial charge in [-0.3, -0.25) is 9.69 Å². The van der Waals surface area contributed by atoms with Crippen molar-refractivity contribution in [1.82, 2.24) is 10.2 Å². The average molecular weight is 223 g/mol. The molecule has 0 radical (unpaired) electrons. The Morgan fingerprint density at radius 3 is 2.81 bits per heavy atom. The van der Waals surface area contributed by atoms with Gasteiger partial charge in [-0.2, -0.15) is 0 Å². The lowest BCUT2D eigenvalue weighted by atomic mass is 10.1. The summed E-state index contributed by atoms with van der Waals surface area (Å²) in [6, 6.07) is 0.315. The highest BCUT2D eigenvalue weighted by atomic mass is 16.2. The fraction of sp³-hybridized carbons (Fsp3) is 0.750. The molecule has 1 amide bonds. The van der Waals surface area contributed by atoms with E-state index in [0.717, 1.165) is 38.8 Å². The quantitative estimate of drug-likeness (QED) is 0.507. The number of likely N-dealkylation sites (tertiary alicyclic amines) is 1. The van der Waals surface area contributed by atoms with Gasteiger partial charge in [-0.05, 0) is 19.3 Å². The molecule has 1 saturated heterocycles. The van der Waals surface area contributed by atoms with Crippen molar-refractivity contribution in [2.45, 2.75) is 31.7 Å². The lowest BCUT2D eigenvalue weighted by molar-refractivity contribution is -0.122. The monoisotopic (exact) mass is 223 g/mol. The summed E-state index contributed by atoms with van der Waals surface area (Å²) in [5, 5.41) is 2.87. The first kappa shape index (κ1) is 13.0. The highest BCUT2D eigenvalue weighted by molar-refractivity contribution is 5.77. The van der Waals surface area contributed by atoms with Crippen molar-refractivity contribution in [3.63, 3.8) is 0 Å². The molecule has 0 aliphatic carbocycles. The van der Waals surface area contributed by atoms with Crippen LogP contribution in [-0.2, 0) is 4.79 Å². The summed E-state index contributed by atoms with van der Waals surface area (Å²) < 4.78 is 0. The first-order valence-electron chi connectivity index (χ1n) is 5.90. The molecule has 0 unspecified atom stereocenters. The maximum atomic E-state index is 11.5. The van der Waals surface area contributed by atoms with Crippen LogP contribution in [0.4, 0.5) is 0 Å². The SMILES string of the molecule is C#CCCCNC(=O)CN1CCC(N)CC1. The van der Waals surface area contributed by atoms with Gasteiger partial charge in [-0.25, -0.2) is 0 Å². The zero-order valence-electron chi connectivity index (χ0n) is 9.74. The Morgan fingerprint density at radius 2 is 2.19 bits per heavy atom. The Bertz CT molecular complexity index is 251. The highest BCUT2D eigenvalue weighted by Gasteiger charge is 2.17. The van der Waals surface area contributed by atoms with Crippen LogP contribution >= 0.6 is 0 Å². The molecule has 4 heteroatoms. The Morgan fingerprint density at radius 1 is 1.50 bits per heavy atom. The first-order valence-corrected chi connectivity index (χ1v) is 5.90. The van der Waals surface area contributed by atoms with Crippen LogP contribution in [0.3, 0.4) is 0 Å². The number of rotatable bonds is 5. The minimum absolute atomic E-state index is 0.0903. The number of unbranched alkanes of at least 4 members (excludes halogenated alkanes) is 1. The van der Waals surface area contributed by atoms with Crippen molar-refractivity contribution in [3.05, 3.63) is 0 Å². The lowest BCUT2D eigenvalue weighted by Gasteiger charge is -2.29. The molecule has 3 N–H and O–H groups in total. The molecule has 0 aromatic rings. The minimum Gasteiger partial charge on any atom is -0.355 e. The van der Waals surface area contributed by atoms with Crippen LogP contribution in [0.5, 0.6) is 0 Å². The predicted octanol–water partition coefficient (Wildman–Crippen LogP) is -0.0609. The van der Waals surface area contributed by atoms with E-state index in [4.69, 9.17) is 12.2 Å². The number of nitrogens with zero attached hydrogens (tertiary/aromatic N) is 1. The number of carbonyl (C=O) groups excluding carboxylic acids is 1. The normalized spacial score (nSPS) is 18.0. The van der Waals surface area contributed by atoms with Gasteiger partial charge in [0.25, 0.3) is 0 Å². The van der Waals surface area contributed by atoms with E-state index in [-0.39, 0.29) is 5.91 Å². The van der Waals surface area contributed by atoms with Crippen molar-refractivity contribution in [2.24, 2.45) is 5.73 Å². The summed E-state index contributed by atoms with van der Waals surface area (Å²) in [5.74, 6) is 2.64. The van der Waals surface area contributed by atoms with E-state index in [9.17, 15) is 4.79 Å².